The van der Waals surface area contributed by atoms with Crippen LogP contribution in [-0.4, -0.2) is 74.1 Å². The Kier molecular flexibility index (Phi) is 5.35. The number of para-hydroxylation sites is 1. The minimum absolute atomic E-state index is 0.0439. The van der Waals surface area contributed by atoms with Crippen molar-refractivity contribution in [1.82, 2.24) is 19.4 Å². The summed E-state index contributed by atoms with van der Waals surface area (Å²) < 4.78 is 38.1. The summed E-state index contributed by atoms with van der Waals surface area (Å²) in [5, 5.41) is 7.75. The van der Waals surface area contributed by atoms with Crippen molar-refractivity contribution < 1.29 is 22.7 Å². The number of hydrogen-bond acceptors (Lipinski definition) is 6. The number of aromatic nitrogens is 2. The van der Waals surface area contributed by atoms with Gasteiger partial charge in [0.15, 0.2) is 5.69 Å². The van der Waals surface area contributed by atoms with Gasteiger partial charge in [-0.15, -0.1) is 0 Å². The molecule has 1 saturated heterocycles. The lowest BCUT2D eigenvalue weighted by Gasteiger charge is -2.34. The number of amides is 1. The van der Waals surface area contributed by atoms with Crippen LogP contribution in [0.25, 0.3) is 10.9 Å². The molecule has 10 heteroatoms. The Morgan fingerprint density at radius 1 is 1.03 bits per heavy atom. The van der Waals surface area contributed by atoms with Crippen molar-refractivity contribution in [3.8, 4) is 11.5 Å². The van der Waals surface area contributed by atoms with Gasteiger partial charge in [-0.3, -0.25) is 9.89 Å². The highest BCUT2D eigenvalue weighted by Crippen LogP contribution is 2.31. The van der Waals surface area contributed by atoms with Gasteiger partial charge in [-0.05, 0) is 18.2 Å². The molecule has 0 aliphatic carbocycles. The zero-order valence-corrected chi connectivity index (χ0v) is 17.5. The number of benzene rings is 2. The smallest absolute Gasteiger partial charge is 0.275 e. The minimum Gasteiger partial charge on any atom is -0.497 e. The number of nitrogens with one attached hydrogen (secondary N) is 1. The summed E-state index contributed by atoms with van der Waals surface area (Å²) in [5.41, 5.74) is 1.13. The summed E-state index contributed by atoms with van der Waals surface area (Å²) >= 11 is 0. The van der Waals surface area contributed by atoms with E-state index in [0.717, 1.165) is 10.9 Å². The molecule has 30 heavy (non-hydrogen) atoms. The zero-order valence-electron chi connectivity index (χ0n) is 16.7. The predicted molar refractivity (Wildman–Crippen MR) is 110 cm³/mol. The monoisotopic (exact) mass is 430 g/mol. The van der Waals surface area contributed by atoms with E-state index in [1.54, 1.807) is 17.0 Å². The van der Waals surface area contributed by atoms with Crippen LogP contribution in [0.3, 0.4) is 0 Å². The third-order valence-electron chi connectivity index (χ3n) is 5.19. The van der Waals surface area contributed by atoms with E-state index in [4.69, 9.17) is 9.47 Å². The molecule has 1 amide bonds. The standard InChI is InChI=1S/C20H22N4O5S/c1-28-14-7-8-17(29-2)18(13-14)30(26,27)24-11-9-23(10-12-24)20(25)19-15-5-3-4-6-16(15)21-22-19/h3-8,13H,9-12H2,1-2H3,(H,21,22). The molecule has 4 rings (SSSR count). The normalized spacial score (nSPS) is 15.3. The Morgan fingerprint density at radius 3 is 2.47 bits per heavy atom. The molecular formula is C20H22N4O5S. The number of nitrogens with zero attached hydrogens (tertiary/aromatic N) is 3. The number of carbonyl (C=O) groups is 1. The largest absolute Gasteiger partial charge is 0.497 e. The molecule has 3 aromatic rings. The molecule has 0 radical (unpaired) electrons. The van der Waals surface area contributed by atoms with Gasteiger partial charge < -0.3 is 14.4 Å². The lowest BCUT2D eigenvalue weighted by molar-refractivity contribution is 0.0693. The highest BCUT2D eigenvalue weighted by molar-refractivity contribution is 7.89. The van der Waals surface area contributed by atoms with Crippen molar-refractivity contribution in [3.63, 3.8) is 0 Å². The molecule has 0 bridgehead atoms. The van der Waals surface area contributed by atoms with Gasteiger partial charge >= 0.3 is 0 Å². The van der Waals surface area contributed by atoms with Crippen LogP contribution in [-0.2, 0) is 10.0 Å². The maximum Gasteiger partial charge on any atom is 0.275 e. The number of fused-ring (bicyclic) bond motifs is 1. The Bertz CT molecular complexity index is 1180. The summed E-state index contributed by atoms with van der Waals surface area (Å²) in [5.74, 6) is 0.453. The topological polar surface area (TPSA) is 105 Å². The Labute approximate surface area is 174 Å². The Morgan fingerprint density at radius 2 is 1.77 bits per heavy atom. The van der Waals surface area contributed by atoms with E-state index in [2.05, 4.69) is 10.2 Å². The molecule has 0 unspecified atom stereocenters. The summed E-state index contributed by atoms with van der Waals surface area (Å²) in [6, 6.07) is 12.1. The van der Waals surface area contributed by atoms with Crippen LogP contribution in [0.5, 0.6) is 11.5 Å². The number of hydrogen-bond donors (Lipinski definition) is 1. The molecular weight excluding hydrogens is 408 g/mol. The summed E-state index contributed by atoms with van der Waals surface area (Å²) in [6.45, 7) is 0.894. The first-order chi connectivity index (χ1) is 14.5. The highest BCUT2D eigenvalue weighted by Gasteiger charge is 2.33. The van der Waals surface area contributed by atoms with Gasteiger partial charge in [0.25, 0.3) is 5.91 Å². The molecule has 1 fully saturated rings. The molecule has 9 nitrogen and oxygen atoms in total. The van der Waals surface area contributed by atoms with Crippen LogP contribution in [0.15, 0.2) is 47.4 Å². The summed E-state index contributed by atoms with van der Waals surface area (Å²) in [4.78, 5) is 14.6. The molecule has 1 aliphatic rings. The number of sulfonamides is 1. The molecule has 1 aromatic heterocycles. The lowest BCUT2D eigenvalue weighted by Crippen LogP contribution is -2.50. The molecule has 0 atom stereocenters. The fourth-order valence-electron chi connectivity index (χ4n) is 3.53. The van der Waals surface area contributed by atoms with Gasteiger partial charge in [0, 0.05) is 37.6 Å². The second kappa shape index (κ2) is 7.96. The van der Waals surface area contributed by atoms with Crippen molar-refractivity contribution in [2.75, 3.05) is 40.4 Å². The van der Waals surface area contributed by atoms with Gasteiger partial charge in [0.1, 0.15) is 16.4 Å². The summed E-state index contributed by atoms with van der Waals surface area (Å²) in [7, 11) is -0.911. The van der Waals surface area contributed by atoms with Crippen LogP contribution < -0.4 is 9.47 Å². The molecule has 0 spiro atoms. The maximum absolute atomic E-state index is 13.2. The SMILES string of the molecule is COc1ccc(OC)c(S(=O)(=O)N2CCN(C(=O)c3n[nH]c4ccccc34)CC2)c1. The molecule has 158 valence electrons. The average Bonchev–Trinajstić information content (AvgIpc) is 3.22. The van der Waals surface area contributed by atoms with Crippen LogP contribution in [0.4, 0.5) is 0 Å². The maximum atomic E-state index is 13.2. The molecule has 1 aliphatic heterocycles. The van der Waals surface area contributed by atoms with Crippen molar-refractivity contribution in [1.29, 1.82) is 0 Å². The van der Waals surface area contributed by atoms with Gasteiger partial charge in [-0.25, -0.2) is 8.42 Å². The van der Waals surface area contributed by atoms with E-state index in [9.17, 15) is 13.2 Å². The van der Waals surface area contributed by atoms with E-state index in [1.165, 1.54) is 24.6 Å². The van der Waals surface area contributed by atoms with Gasteiger partial charge in [-0.1, -0.05) is 18.2 Å². The number of ether oxygens (including phenoxy) is 2. The van der Waals surface area contributed by atoms with Crippen LogP contribution >= 0.6 is 0 Å². The fourth-order valence-corrected chi connectivity index (χ4v) is 5.13. The van der Waals surface area contributed by atoms with Crippen LogP contribution in [0.1, 0.15) is 10.5 Å². The quantitative estimate of drug-likeness (QED) is 0.661. The van der Waals surface area contributed by atoms with Crippen molar-refractivity contribution in [2.45, 2.75) is 4.90 Å². The first-order valence-corrected chi connectivity index (χ1v) is 10.8. The van der Waals surface area contributed by atoms with Crippen LogP contribution in [0.2, 0.25) is 0 Å². The predicted octanol–water partition coefficient (Wildman–Crippen LogP) is 1.73. The third-order valence-corrected chi connectivity index (χ3v) is 7.11. The number of piperazine rings is 1. The van der Waals surface area contributed by atoms with Gasteiger partial charge in [-0.2, -0.15) is 9.40 Å². The first-order valence-electron chi connectivity index (χ1n) is 9.40. The molecule has 2 aromatic carbocycles. The Balaban J connectivity index is 1.52. The van der Waals surface area contributed by atoms with Crippen molar-refractivity contribution in [2.24, 2.45) is 0 Å². The fraction of sp³-hybridized carbons (Fsp3) is 0.300. The number of H-pyrrole nitrogens is 1. The first kappa shape index (κ1) is 20.2. The number of rotatable bonds is 5. The van der Waals surface area contributed by atoms with E-state index in [1.807, 2.05) is 24.3 Å². The van der Waals surface area contributed by atoms with E-state index in [-0.39, 0.29) is 42.7 Å². The van der Waals surface area contributed by atoms with Gasteiger partial charge in [0.2, 0.25) is 10.0 Å². The highest BCUT2D eigenvalue weighted by atomic mass is 32.2. The molecule has 2 heterocycles. The lowest BCUT2D eigenvalue weighted by atomic mass is 10.2. The van der Waals surface area contributed by atoms with E-state index < -0.39 is 10.0 Å². The Hall–Kier alpha value is -3.11. The number of aromatic amines is 1. The van der Waals surface area contributed by atoms with Gasteiger partial charge in [0.05, 0.1) is 19.7 Å². The van der Waals surface area contributed by atoms with E-state index >= 15 is 0 Å². The molecule has 0 saturated carbocycles. The minimum atomic E-state index is -3.81. The molecule has 1 N–H and O–H groups in total. The van der Waals surface area contributed by atoms with Crippen molar-refractivity contribution in [3.05, 3.63) is 48.2 Å². The zero-order chi connectivity index (χ0) is 21.3. The average molecular weight is 430 g/mol. The second-order valence-electron chi connectivity index (χ2n) is 6.83. The third kappa shape index (κ3) is 3.48. The second-order valence-corrected chi connectivity index (χ2v) is 8.74. The van der Waals surface area contributed by atoms with Crippen LogP contribution in [0, 0.1) is 0 Å². The summed E-state index contributed by atoms with van der Waals surface area (Å²) in [6.07, 6.45) is 0. The van der Waals surface area contributed by atoms with E-state index in [0.29, 0.717) is 11.4 Å². The number of methoxy groups -OCH3 is 2. The van der Waals surface area contributed by atoms with Crippen molar-refractivity contribution >= 4 is 26.8 Å². The number of carbonyl (C=O) groups excluding carboxylic acids is 1.